The van der Waals surface area contributed by atoms with E-state index in [1.54, 1.807) is 18.2 Å². The Morgan fingerprint density at radius 2 is 1.86 bits per heavy atom. The fourth-order valence-corrected chi connectivity index (χ4v) is 1.51. The van der Waals surface area contributed by atoms with E-state index < -0.39 is 18.3 Å². The molecule has 1 aromatic carbocycles. The molecule has 1 heterocycles. The molecule has 0 aromatic heterocycles. The highest BCUT2D eigenvalue weighted by atomic mass is 19.4. The van der Waals surface area contributed by atoms with Crippen LogP contribution in [0.1, 0.15) is 11.6 Å². The smallest absolute Gasteiger partial charge is 0.427 e. The SMILES string of the molecule is NC1c2ccccc2OC1C(F)(F)F. The fraction of sp³-hybridized carbons (Fsp3) is 0.333. The van der Waals surface area contributed by atoms with E-state index >= 15 is 0 Å². The zero-order chi connectivity index (χ0) is 10.3. The molecule has 5 heteroatoms. The molecule has 1 aliphatic rings. The number of ether oxygens (including phenoxy) is 1. The standard InChI is InChI=1S/C9H8F3NO/c10-9(11,12)8-7(13)5-3-1-2-4-6(5)14-8/h1-4,7-8H,13H2. The molecule has 2 rings (SSSR count). The first-order valence-corrected chi connectivity index (χ1v) is 4.08. The number of nitrogens with two attached hydrogens (primary N) is 1. The minimum atomic E-state index is -4.42. The summed E-state index contributed by atoms with van der Waals surface area (Å²) in [6.45, 7) is 0. The maximum atomic E-state index is 12.4. The molecule has 0 bridgehead atoms. The van der Waals surface area contributed by atoms with E-state index in [0.717, 1.165) is 0 Å². The van der Waals surface area contributed by atoms with Crippen molar-refractivity contribution in [1.82, 2.24) is 0 Å². The summed E-state index contributed by atoms with van der Waals surface area (Å²) in [5.74, 6) is 0.224. The van der Waals surface area contributed by atoms with Crippen molar-refractivity contribution in [3.63, 3.8) is 0 Å². The summed E-state index contributed by atoms with van der Waals surface area (Å²) < 4.78 is 41.8. The molecule has 2 atom stereocenters. The Balaban J connectivity index is 2.35. The third-order valence-electron chi connectivity index (χ3n) is 2.18. The van der Waals surface area contributed by atoms with Crippen molar-refractivity contribution in [2.24, 2.45) is 5.73 Å². The number of para-hydroxylation sites is 1. The summed E-state index contributed by atoms with van der Waals surface area (Å²) in [6.07, 6.45) is -6.33. The van der Waals surface area contributed by atoms with Crippen LogP contribution >= 0.6 is 0 Å². The first-order chi connectivity index (χ1) is 6.50. The number of rotatable bonds is 0. The Bertz CT molecular complexity index is 350. The van der Waals surface area contributed by atoms with Crippen molar-refractivity contribution < 1.29 is 17.9 Å². The van der Waals surface area contributed by atoms with Gasteiger partial charge in [-0.1, -0.05) is 18.2 Å². The lowest BCUT2D eigenvalue weighted by Gasteiger charge is -2.18. The van der Waals surface area contributed by atoms with Crippen LogP contribution in [-0.4, -0.2) is 12.3 Å². The summed E-state index contributed by atoms with van der Waals surface area (Å²) in [7, 11) is 0. The third-order valence-corrected chi connectivity index (χ3v) is 2.18. The van der Waals surface area contributed by atoms with Gasteiger partial charge < -0.3 is 10.5 Å². The van der Waals surface area contributed by atoms with E-state index in [1.807, 2.05) is 0 Å². The number of hydrogen-bond donors (Lipinski definition) is 1. The number of hydrogen-bond acceptors (Lipinski definition) is 2. The summed E-state index contributed by atoms with van der Waals surface area (Å²) in [5.41, 5.74) is 5.84. The van der Waals surface area contributed by atoms with Crippen molar-refractivity contribution in [2.75, 3.05) is 0 Å². The largest absolute Gasteiger partial charge is 0.479 e. The van der Waals surface area contributed by atoms with E-state index in [2.05, 4.69) is 0 Å². The van der Waals surface area contributed by atoms with Crippen LogP contribution in [0.5, 0.6) is 5.75 Å². The van der Waals surface area contributed by atoms with Gasteiger partial charge >= 0.3 is 6.18 Å². The maximum absolute atomic E-state index is 12.4. The second-order valence-corrected chi connectivity index (χ2v) is 3.14. The van der Waals surface area contributed by atoms with Crippen LogP contribution in [0.4, 0.5) is 13.2 Å². The van der Waals surface area contributed by atoms with Crippen LogP contribution in [0.3, 0.4) is 0 Å². The van der Waals surface area contributed by atoms with Gasteiger partial charge in [-0.3, -0.25) is 0 Å². The second-order valence-electron chi connectivity index (χ2n) is 3.14. The monoisotopic (exact) mass is 203 g/mol. The van der Waals surface area contributed by atoms with E-state index in [4.69, 9.17) is 10.5 Å². The van der Waals surface area contributed by atoms with Crippen LogP contribution in [-0.2, 0) is 0 Å². The van der Waals surface area contributed by atoms with Gasteiger partial charge in [0, 0.05) is 5.56 Å². The van der Waals surface area contributed by atoms with Crippen LogP contribution < -0.4 is 10.5 Å². The minimum Gasteiger partial charge on any atom is -0.479 e. The van der Waals surface area contributed by atoms with Crippen LogP contribution in [0.15, 0.2) is 24.3 Å². The highest BCUT2D eigenvalue weighted by Crippen LogP contribution is 2.41. The molecule has 0 amide bonds. The molecule has 0 aliphatic carbocycles. The molecular weight excluding hydrogens is 195 g/mol. The molecule has 0 fully saturated rings. The molecule has 2 unspecified atom stereocenters. The topological polar surface area (TPSA) is 35.2 Å². The lowest BCUT2D eigenvalue weighted by molar-refractivity contribution is -0.195. The van der Waals surface area contributed by atoms with E-state index in [1.165, 1.54) is 6.07 Å². The van der Waals surface area contributed by atoms with E-state index in [9.17, 15) is 13.2 Å². The van der Waals surface area contributed by atoms with Crippen molar-refractivity contribution in [2.45, 2.75) is 18.3 Å². The molecular formula is C9H8F3NO. The molecule has 0 saturated carbocycles. The lowest BCUT2D eigenvalue weighted by atomic mass is 10.0. The molecule has 14 heavy (non-hydrogen) atoms. The molecule has 0 radical (unpaired) electrons. The predicted octanol–water partition coefficient (Wildman–Crippen LogP) is 2.01. The molecule has 2 nitrogen and oxygen atoms in total. The Morgan fingerprint density at radius 3 is 2.43 bits per heavy atom. The highest BCUT2D eigenvalue weighted by molar-refractivity contribution is 5.40. The molecule has 1 aliphatic heterocycles. The summed E-state index contributed by atoms with van der Waals surface area (Å²) >= 11 is 0. The molecule has 76 valence electrons. The van der Waals surface area contributed by atoms with Gasteiger partial charge in [0.15, 0.2) is 0 Å². The number of fused-ring (bicyclic) bond motifs is 1. The maximum Gasteiger partial charge on any atom is 0.427 e. The van der Waals surface area contributed by atoms with Gasteiger partial charge in [-0.25, -0.2) is 0 Å². The third kappa shape index (κ3) is 1.33. The number of alkyl halides is 3. The van der Waals surface area contributed by atoms with Gasteiger partial charge in [-0.2, -0.15) is 13.2 Å². The van der Waals surface area contributed by atoms with Crippen LogP contribution in [0.2, 0.25) is 0 Å². The zero-order valence-electron chi connectivity index (χ0n) is 7.08. The van der Waals surface area contributed by atoms with Gasteiger partial charge in [0.25, 0.3) is 0 Å². The quantitative estimate of drug-likeness (QED) is 0.700. The Hall–Kier alpha value is -1.23. The lowest BCUT2D eigenvalue weighted by Crippen LogP contribution is -2.39. The molecule has 2 N–H and O–H groups in total. The van der Waals surface area contributed by atoms with E-state index in [0.29, 0.717) is 5.56 Å². The van der Waals surface area contributed by atoms with Crippen molar-refractivity contribution in [1.29, 1.82) is 0 Å². The molecule has 0 spiro atoms. The minimum absolute atomic E-state index is 0.224. The van der Waals surface area contributed by atoms with Gasteiger partial charge in [0.05, 0.1) is 6.04 Å². The first kappa shape index (κ1) is 9.33. The first-order valence-electron chi connectivity index (χ1n) is 4.08. The average Bonchev–Trinajstić information content (AvgIpc) is 2.44. The number of benzene rings is 1. The average molecular weight is 203 g/mol. The Kier molecular flexibility index (Phi) is 1.92. The zero-order valence-corrected chi connectivity index (χ0v) is 7.08. The van der Waals surface area contributed by atoms with Crippen molar-refractivity contribution >= 4 is 0 Å². The van der Waals surface area contributed by atoms with Crippen LogP contribution in [0.25, 0.3) is 0 Å². The summed E-state index contributed by atoms with van der Waals surface area (Å²) in [6, 6.07) is 5.17. The Labute approximate surface area is 78.5 Å². The molecule has 0 saturated heterocycles. The second kappa shape index (κ2) is 2.88. The highest BCUT2D eigenvalue weighted by Gasteiger charge is 2.50. The van der Waals surface area contributed by atoms with Crippen LogP contribution in [0, 0.1) is 0 Å². The number of halogens is 3. The van der Waals surface area contributed by atoms with E-state index in [-0.39, 0.29) is 5.75 Å². The summed E-state index contributed by atoms with van der Waals surface area (Å²) in [5, 5.41) is 0. The summed E-state index contributed by atoms with van der Waals surface area (Å²) in [4.78, 5) is 0. The molecule has 1 aromatic rings. The van der Waals surface area contributed by atoms with Gasteiger partial charge in [0.2, 0.25) is 6.10 Å². The van der Waals surface area contributed by atoms with Crippen molar-refractivity contribution in [3.8, 4) is 5.75 Å². The normalized spacial score (nSPS) is 25.7. The predicted molar refractivity (Wildman–Crippen MR) is 43.8 cm³/mol. The Morgan fingerprint density at radius 1 is 1.21 bits per heavy atom. The fourth-order valence-electron chi connectivity index (χ4n) is 1.51. The van der Waals surface area contributed by atoms with Gasteiger partial charge in [-0.05, 0) is 6.07 Å². The van der Waals surface area contributed by atoms with Crippen molar-refractivity contribution in [3.05, 3.63) is 29.8 Å². The van der Waals surface area contributed by atoms with Gasteiger partial charge in [-0.15, -0.1) is 0 Å². The van der Waals surface area contributed by atoms with Gasteiger partial charge in [0.1, 0.15) is 5.75 Å².